The summed E-state index contributed by atoms with van der Waals surface area (Å²) < 4.78 is 5.98. The van der Waals surface area contributed by atoms with Gasteiger partial charge in [-0.15, -0.1) is 0 Å². The average Bonchev–Trinajstić information content (AvgIpc) is 2.46. The highest BCUT2D eigenvalue weighted by Gasteiger charge is 2.19. The molecule has 3 heteroatoms. The Morgan fingerprint density at radius 1 is 1.29 bits per heavy atom. The third-order valence-electron chi connectivity index (χ3n) is 4.12. The Morgan fingerprint density at radius 2 is 2.00 bits per heavy atom. The molecular formula is C18H31NO2. The molecule has 3 nitrogen and oxygen atoms in total. The number of aryl methyl sites for hydroxylation is 1. The molecule has 1 unspecified atom stereocenters. The van der Waals surface area contributed by atoms with E-state index in [1.54, 1.807) is 0 Å². The summed E-state index contributed by atoms with van der Waals surface area (Å²) in [4.78, 5) is 0. The monoisotopic (exact) mass is 293 g/mol. The van der Waals surface area contributed by atoms with Crippen molar-refractivity contribution in [1.29, 1.82) is 0 Å². The molecule has 0 fully saturated rings. The quantitative estimate of drug-likeness (QED) is 0.683. The summed E-state index contributed by atoms with van der Waals surface area (Å²) in [6, 6.07) is 6.43. The molecule has 0 aliphatic rings. The normalized spacial score (nSPS) is 14.2. The van der Waals surface area contributed by atoms with Crippen LogP contribution in [0.2, 0.25) is 0 Å². The lowest BCUT2D eigenvalue weighted by molar-refractivity contribution is 0.168. The molecule has 0 aromatic heterocycles. The van der Waals surface area contributed by atoms with Gasteiger partial charge in [-0.1, -0.05) is 26.0 Å². The molecule has 1 rings (SSSR count). The van der Waals surface area contributed by atoms with Crippen molar-refractivity contribution in [2.75, 3.05) is 20.3 Å². The van der Waals surface area contributed by atoms with E-state index in [0.717, 1.165) is 31.6 Å². The standard InChI is InChI=1S/C18H31NO2/c1-14(2)16-9-8-15(3)12-17(16)21-11-7-6-10-18(4,13-20)19-5/h8-9,12,14,19-20H,6-7,10-11,13H2,1-5H3. The largest absolute Gasteiger partial charge is 0.493 e. The van der Waals surface area contributed by atoms with Crippen molar-refractivity contribution in [2.24, 2.45) is 0 Å². The average molecular weight is 293 g/mol. The highest BCUT2D eigenvalue weighted by molar-refractivity contribution is 5.39. The topological polar surface area (TPSA) is 41.5 Å². The summed E-state index contributed by atoms with van der Waals surface area (Å²) in [5.41, 5.74) is 2.33. The van der Waals surface area contributed by atoms with E-state index in [4.69, 9.17) is 4.74 Å². The number of ether oxygens (including phenoxy) is 1. The molecular weight excluding hydrogens is 262 g/mol. The Morgan fingerprint density at radius 3 is 2.57 bits per heavy atom. The minimum absolute atomic E-state index is 0.166. The zero-order chi connectivity index (χ0) is 15.9. The maximum atomic E-state index is 9.35. The first-order valence-corrected chi connectivity index (χ1v) is 7.95. The molecule has 0 heterocycles. The molecule has 0 aliphatic heterocycles. The minimum atomic E-state index is -0.174. The Labute approximate surface area is 129 Å². The van der Waals surface area contributed by atoms with Gasteiger partial charge in [0.15, 0.2) is 0 Å². The fourth-order valence-corrected chi connectivity index (χ4v) is 2.33. The molecule has 1 atom stereocenters. The zero-order valence-corrected chi connectivity index (χ0v) is 14.2. The van der Waals surface area contributed by atoms with E-state index < -0.39 is 0 Å². The fraction of sp³-hybridized carbons (Fsp3) is 0.667. The Balaban J connectivity index is 2.44. The molecule has 0 aliphatic carbocycles. The third-order valence-corrected chi connectivity index (χ3v) is 4.12. The lowest BCUT2D eigenvalue weighted by Crippen LogP contribution is -2.43. The molecule has 0 radical (unpaired) electrons. The van der Waals surface area contributed by atoms with Crippen LogP contribution in [-0.4, -0.2) is 30.9 Å². The van der Waals surface area contributed by atoms with Crippen molar-refractivity contribution < 1.29 is 9.84 Å². The lowest BCUT2D eigenvalue weighted by atomic mass is 9.96. The number of hydrogen-bond donors (Lipinski definition) is 2. The van der Waals surface area contributed by atoms with Crippen molar-refractivity contribution in [3.63, 3.8) is 0 Å². The van der Waals surface area contributed by atoms with E-state index in [0.29, 0.717) is 5.92 Å². The van der Waals surface area contributed by atoms with Crippen LogP contribution in [0.5, 0.6) is 5.75 Å². The summed E-state index contributed by atoms with van der Waals surface area (Å²) in [5.74, 6) is 1.49. The van der Waals surface area contributed by atoms with E-state index in [9.17, 15) is 5.11 Å². The van der Waals surface area contributed by atoms with Gasteiger partial charge in [0.05, 0.1) is 13.2 Å². The second-order valence-corrected chi connectivity index (χ2v) is 6.47. The van der Waals surface area contributed by atoms with Crippen LogP contribution in [0.1, 0.15) is 57.1 Å². The van der Waals surface area contributed by atoms with Crippen LogP contribution in [-0.2, 0) is 0 Å². The van der Waals surface area contributed by atoms with Gasteiger partial charge in [0.1, 0.15) is 5.75 Å². The van der Waals surface area contributed by atoms with Crippen LogP contribution in [0.3, 0.4) is 0 Å². The number of hydrogen-bond acceptors (Lipinski definition) is 3. The van der Waals surface area contributed by atoms with Crippen molar-refractivity contribution in [3.05, 3.63) is 29.3 Å². The molecule has 0 spiro atoms. The van der Waals surface area contributed by atoms with Gasteiger partial charge in [0, 0.05) is 5.54 Å². The highest BCUT2D eigenvalue weighted by atomic mass is 16.5. The van der Waals surface area contributed by atoms with Gasteiger partial charge in [-0.05, 0) is 63.3 Å². The fourth-order valence-electron chi connectivity index (χ4n) is 2.33. The Bertz CT molecular complexity index is 425. The molecule has 0 saturated heterocycles. The van der Waals surface area contributed by atoms with Gasteiger partial charge in [-0.2, -0.15) is 0 Å². The number of unbranched alkanes of at least 4 members (excludes halogenated alkanes) is 1. The van der Waals surface area contributed by atoms with E-state index >= 15 is 0 Å². The van der Waals surface area contributed by atoms with E-state index in [1.165, 1.54) is 11.1 Å². The van der Waals surface area contributed by atoms with Crippen molar-refractivity contribution in [1.82, 2.24) is 5.32 Å². The second-order valence-electron chi connectivity index (χ2n) is 6.47. The number of likely N-dealkylation sites (N-methyl/N-ethyl adjacent to an activating group) is 1. The molecule has 1 aromatic carbocycles. The van der Waals surface area contributed by atoms with E-state index in [1.807, 2.05) is 14.0 Å². The van der Waals surface area contributed by atoms with Crippen LogP contribution in [0.4, 0.5) is 0 Å². The molecule has 21 heavy (non-hydrogen) atoms. The SMILES string of the molecule is CNC(C)(CO)CCCCOc1cc(C)ccc1C(C)C. The molecule has 120 valence electrons. The molecule has 2 N–H and O–H groups in total. The Kier molecular flexibility index (Phi) is 7.20. The second kappa shape index (κ2) is 8.40. The predicted octanol–water partition coefficient (Wildman–Crippen LogP) is 3.64. The molecule has 1 aromatic rings. The first kappa shape index (κ1) is 18.0. The van der Waals surface area contributed by atoms with E-state index in [2.05, 4.69) is 44.3 Å². The van der Waals surface area contributed by atoms with Crippen LogP contribution in [0.25, 0.3) is 0 Å². The Hall–Kier alpha value is -1.06. The molecule has 0 bridgehead atoms. The van der Waals surface area contributed by atoms with Gasteiger partial charge in [-0.3, -0.25) is 0 Å². The van der Waals surface area contributed by atoms with Crippen LogP contribution in [0.15, 0.2) is 18.2 Å². The van der Waals surface area contributed by atoms with Crippen LogP contribution in [0, 0.1) is 6.92 Å². The number of nitrogens with one attached hydrogen (secondary N) is 1. The van der Waals surface area contributed by atoms with Gasteiger partial charge < -0.3 is 15.2 Å². The predicted molar refractivity (Wildman–Crippen MR) is 89.2 cm³/mol. The zero-order valence-electron chi connectivity index (χ0n) is 14.2. The van der Waals surface area contributed by atoms with E-state index in [-0.39, 0.29) is 12.1 Å². The van der Waals surface area contributed by atoms with Gasteiger partial charge in [0.2, 0.25) is 0 Å². The van der Waals surface area contributed by atoms with Crippen molar-refractivity contribution in [3.8, 4) is 5.75 Å². The van der Waals surface area contributed by atoms with Gasteiger partial charge in [0.25, 0.3) is 0 Å². The smallest absolute Gasteiger partial charge is 0.122 e. The van der Waals surface area contributed by atoms with Crippen molar-refractivity contribution >= 4 is 0 Å². The lowest BCUT2D eigenvalue weighted by Gasteiger charge is -2.26. The van der Waals surface area contributed by atoms with Crippen LogP contribution < -0.4 is 10.1 Å². The number of aliphatic hydroxyl groups excluding tert-OH is 1. The first-order valence-electron chi connectivity index (χ1n) is 7.95. The maximum absolute atomic E-state index is 9.35. The first-order chi connectivity index (χ1) is 9.91. The van der Waals surface area contributed by atoms with Crippen molar-refractivity contribution in [2.45, 2.75) is 58.4 Å². The van der Waals surface area contributed by atoms with Crippen LogP contribution >= 0.6 is 0 Å². The van der Waals surface area contributed by atoms with Gasteiger partial charge >= 0.3 is 0 Å². The van der Waals surface area contributed by atoms with Gasteiger partial charge in [-0.25, -0.2) is 0 Å². The summed E-state index contributed by atoms with van der Waals surface area (Å²) in [6.07, 6.45) is 3.00. The molecule has 0 saturated carbocycles. The number of rotatable bonds is 9. The number of benzene rings is 1. The summed E-state index contributed by atoms with van der Waals surface area (Å²) >= 11 is 0. The minimum Gasteiger partial charge on any atom is -0.493 e. The summed E-state index contributed by atoms with van der Waals surface area (Å²) in [5, 5.41) is 12.5. The highest BCUT2D eigenvalue weighted by Crippen LogP contribution is 2.27. The summed E-state index contributed by atoms with van der Waals surface area (Å²) in [6.45, 7) is 9.42. The number of aliphatic hydroxyl groups is 1. The third kappa shape index (κ3) is 5.68. The maximum Gasteiger partial charge on any atom is 0.122 e. The molecule has 0 amide bonds. The summed E-state index contributed by atoms with van der Waals surface area (Å²) in [7, 11) is 1.90.